The zero-order valence-electron chi connectivity index (χ0n) is 18.7. The Balaban J connectivity index is 2.00. The summed E-state index contributed by atoms with van der Waals surface area (Å²) in [5.74, 6) is 1.03. The monoisotopic (exact) mass is 417 g/mol. The maximum atomic E-state index is 6.45. The largest absolute Gasteiger partial charge is 0.488 e. The highest BCUT2D eigenvalue weighted by atomic mass is 31.1. The summed E-state index contributed by atoms with van der Waals surface area (Å²) in [6.07, 6.45) is 3.00. The average molecular weight is 418 g/mol. The molecule has 0 amide bonds. The number of aryl methyl sites for hydroxylation is 2. The molecule has 3 rings (SSSR count). The Bertz CT molecular complexity index is 1010. The van der Waals surface area contributed by atoms with Crippen molar-refractivity contribution in [3.63, 3.8) is 0 Å². The van der Waals surface area contributed by atoms with Crippen LogP contribution in [-0.2, 0) is 11.8 Å². The van der Waals surface area contributed by atoms with Gasteiger partial charge in [0.15, 0.2) is 0 Å². The minimum atomic E-state index is -0.0134. The highest BCUT2D eigenvalue weighted by Crippen LogP contribution is 2.48. The SMILES string of the molecule is CCC(C)(Pc1ccccc1/C=N/C)c1cc(C)cc(C)c1OCc1ccccc1. The zero-order valence-corrected chi connectivity index (χ0v) is 19.7. The number of ether oxygens (including phenoxy) is 1. The van der Waals surface area contributed by atoms with Gasteiger partial charge < -0.3 is 4.74 Å². The van der Waals surface area contributed by atoms with Crippen LogP contribution in [0.3, 0.4) is 0 Å². The molecule has 0 N–H and O–H groups in total. The van der Waals surface area contributed by atoms with Gasteiger partial charge in [-0.1, -0.05) is 94.7 Å². The highest BCUT2D eigenvalue weighted by molar-refractivity contribution is 7.48. The van der Waals surface area contributed by atoms with E-state index in [4.69, 9.17) is 4.74 Å². The first-order valence-corrected chi connectivity index (χ1v) is 11.5. The molecule has 0 radical (unpaired) electrons. The molecule has 0 heterocycles. The molecule has 0 fully saturated rings. The maximum absolute atomic E-state index is 6.45. The predicted molar refractivity (Wildman–Crippen MR) is 132 cm³/mol. The van der Waals surface area contributed by atoms with Crippen LogP contribution in [0, 0.1) is 13.8 Å². The van der Waals surface area contributed by atoms with Crippen molar-refractivity contribution in [1.29, 1.82) is 0 Å². The van der Waals surface area contributed by atoms with Gasteiger partial charge in [0.05, 0.1) is 0 Å². The van der Waals surface area contributed by atoms with E-state index in [1.807, 2.05) is 19.3 Å². The van der Waals surface area contributed by atoms with Crippen LogP contribution in [0.4, 0.5) is 0 Å². The second-order valence-electron chi connectivity index (χ2n) is 8.02. The third-order valence-electron chi connectivity index (χ3n) is 5.59. The van der Waals surface area contributed by atoms with Crippen molar-refractivity contribution in [1.82, 2.24) is 0 Å². The molecule has 3 heteroatoms. The fourth-order valence-corrected chi connectivity index (χ4v) is 5.35. The summed E-state index contributed by atoms with van der Waals surface area (Å²) < 4.78 is 6.45. The Kier molecular flexibility index (Phi) is 7.45. The molecule has 2 nitrogen and oxygen atoms in total. The van der Waals surface area contributed by atoms with Gasteiger partial charge in [-0.25, -0.2) is 0 Å². The van der Waals surface area contributed by atoms with E-state index in [1.54, 1.807) is 0 Å². The van der Waals surface area contributed by atoms with E-state index >= 15 is 0 Å². The van der Waals surface area contributed by atoms with Crippen LogP contribution >= 0.6 is 8.58 Å². The van der Waals surface area contributed by atoms with Crippen molar-refractivity contribution in [2.75, 3.05) is 7.05 Å². The Morgan fingerprint density at radius 2 is 1.70 bits per heavy atom. The smallest absolute Gasteiger partial charge is 0.126 e. The summed E-state index contributed by atoms with van der Waals surface area (Å²) in [7, 11) is 2.46. The van der Waals surface area contributed by atoms with E-state index in [-0.39, 0.29) is 5.16 Å². The van der Waals surface area contributed by atoms with Crippen LogP contribution in [0.1, 0.15) is 48.1 Å². The molecule has 0 aliphatic carbocycles. The lowest BCUT2D eigenvalue weighted by molar-refractivity contribution is 0.297. The first-order valence-electron chi connectivity index (χ1n) is 10.5. The molecule has 0 aliphatic heterocycles. The van der Waals surface area contributed by atoms with E-state index in [1.165, 1.54) is 33.1 Å². The van der Waals surface area contributed by atoms with E-state index < -0.39 is 0 Å². The number of hydrogen-bond donors (Lipinski definition) is 0. The lowest BCUT2D eigenvalue weighted by atomic mass is 9.92. The summed E-state index contributed by atoms with van der Waals surface area (Å²) in [4.78, 5) is 4.26. The summed E-state index contributed by atoms with van der Waals surface area (Å²) in [6, 6.07) is 23.5. The molecule has 30 heavy (non-hydrogen) atoms. The molecule has 0 saturated heterocycles. The van der Waals surface area contributed by atoms with Crippen molar-refractivity contribution in [2.24, 2.45) is 4.99 Å². The molecule has 0 aromatic heterocycles. The molecule has 3 aromatic rings. The molecule has 3 aromatic carbocycles. The van der Waals surface area contributed by atoms with Gasteiger partial charge in [-0.3, -0.25) is 4.99 Å². The second kappa shape index (κ2) is 10.0. The molecule has 0 aliphatic rings. The molecule has 0 bridgehead atoms. The van der Waals surface area contributed by atoms with Crippen molar-refractivity contribution < 1.29 is 4.74 Å². The third kappa shape index (κ3) is 5.18. The van der Waals surface area contributed by atoms with Crippen LogP contribution in [-0.4, -0.2) is 13.3 Å². The van der Waals surface area contributed by atoms with Crippen molar-refractivity contribution in [3.8, 4) is 5.75 Å². The van der Waals surface area contributed by atoms with E-state index in [9.17, 15) is 0 Å². The Labute approximate surface area is 183 Å². The summed E-state index contributed by atoms with van der Waals surface area (Å²) in [6.45, 7) is 9.57. The van der Waals surface area contributed by atoms with Crippen LogP contribution < -0.4 is 10.0 Å². The minimum Gasteiger partial charge on any atom is -0.488 e. The maximum Gasteiger partial charge on any atom is 0.126 e. The normalized spacial score (nSPS) is 13.8. The Morgan fingerprint density at radius 1 is 1.00 bits per heavy atom. The molecule has 0 saturated carbocycles. The Morgan fingerprint density at radius 3 is 2.40 bits per heavy atom. The zero-order chi connectivity index (χ0) is 21.6. The van der Waals surface area contributed by atoms with Gasteiger partial charge in [0.2, 0.25) is 0 Å². The highest BCUT2D eigenvalue weighted by Gasteiger charge is 2.30. The van der Waals surface area contributed by atoms with Crippen LogP contribution in [0.5, 0.6) is 5.75 Å². The topological polar surface area (TPSA) is 21.6 Å². The second-order valence-corrected chi connectivity index (χ2v) is 9.91. The number of nitrogens with zero attached hydrogens (tertiary/aromatic N) is 1. The van der Waals surface area contributed by atoms with Gasteiger partial charge in [0.25, 0.3) is 0 Å². The molecule has 156 valence electrons. The third-order valence-corrected chi connectivity index (χ3v) is 7.49. The number of rotatable bonds is 8. The predicted octanol–water partition coefficient (Wildman–Crippen LogP) is 6.56. The molecule has 0 spiro atoms. The van der Waals surface area contributed by atoms with Crippen LogP contribution in [0.15, 0.2) is 71.7 Å². The molecular formula is C27H32NOP. The van der Waals surface area contributed by atoms with Gasteiger partial charge in [-0.2, -0.15) is 0 Å². The van der Waals surface area contributed by atoms with E-state index in [2.05, 4.69) is 93.4 Å². The van der Waals surface area contributed by atoms with Gasteiger partial charge >= 0.3 is 0 Å². The van der Waals surface area contributed by atoms with E-state index in [0.717, 1.165) is 12.2 Å². The number of hydrogen-bond acceptors (Lipinski definition) is 2. The number of benzene rings is 3. The van der Waals surface area contributed by atoms with Gasteiger partial charge in [0.1, 0.15) is 12.4 Å². The summed E-state index contributed by atoms with van der Waals surface area (Å²) in [5, 5.41) is 1.33. The van der Waals surface area contributed by atoms with Crippen molar-refractivity contribution >= 4 is 20.1 Å². The average Bonchev–Trinajstić information content (AvgIpc) is 2.75. The van der Waals surface area contributed by atoms with E-state index in [0.29, 0.717) is 15.2 Å². The standard InChI is InChI=1S/C27H32NOP/c1-6-27(4,30-25-15-11-10-14-23(25)18-28-5)24-17-20(2)16-21(3)26(24)29-19-22-12-8-7-9-13-22/h7-18,30H,6,19H2,1-5H3/b28-18+. The van der Waals surface area contributed by atoms with Gasteiger partial charge in [-0.15, -0.1) is 0 Å². The summed E-state index contributed by atoms with van der Waals surface area (Å²) in [5.41, 5.74) is 6.18. The minimum absolute atomic E-state index is 0.0134. The van der Waals surface area contributed by atoms with Crippen molar-refractivity contribution in [3.05, 3.63) is 94.5 Å². The first-order chi connectivity index (χ1) is 14.5. The van der Waals surface area contributed by atoms with Crippen LogP contribution in [0.25, 0.3) is 0 Å². The quantitative estimate of drug-likeness (QED) is 0.300. The lowest BCUT2D eigenvalue weighted by Gasteiger charge is -2.32. The molecular weight excluding hydrogens is 385 g/mol. The van der Waals surface area contributed by atoms with Crippen LogP contribution in [0.2, 0.25) is 0 Å². The lowest BCUT2D eigenvalue weighted by Crippen LogP contribution is -2.21. The Hall–Kier alpha value is -2.44. The van der Waals surface area contributed by atoms with Gasteiger partial charge in [0, 0.05) is 24.0 Å². The first kappa shape index (κ1) is 22.2. The molecule has 2 atom stereocenters. The molecule has 2 unspecified atom stereocenters. The fourth-order valence-electron chi connectivity index (χ4n) is 3.79. The van der Waals surface area contributed by atoms with Crippen molar-refractivity contribution in [2.45, 2.75) is 45.9 Å². The summed E-state index contributed by atoms with van der Waals surface area (Å²) >= 11 is 0. The number of aliphatic imine (C=N–C) groups is 1. The fraction of sp³-hybridized carbons (Fsp3) is 0.296. The van der Waals surface area contributed by atoms with Gasteiger partial charge in [-0.05, 0) is 42.3 Å².